The van der Waals surface area contributed by atoms with Crippen LogP contribution in [0.1, 0.15) is 0 Å². The number of aromatic nitrogens is 1. The van der Waals surface area contributed by atoms with E-state index in [4.69, 9.17) is 21.9 Å². The Hall–Kier alpha value is -1.85. The Morgan fingerprint density at radius 1 is 1.19 bits per heavy atom. The summed E-state index contributed by atoms with van der Waals surface area (Å²) in [7, 11) is 0. The minimum atomic E-state index is -0.353. The average Bonchev–Trinajstić information content (AvgIpc) is 2.80. The van der Waals surface area contributed by atoms with Gasteiger partial charge in [0.1, 0.15) is 5.82 Å². The molecular formula is C15H9BrClFN2O. The highest BCUT2D eigenvalue weighted by Crippen LogP contribution is 2.40. The molecule has 2 aromatic carbocycles. The SMILES string of the molecule is Nc1noc(-c2ccc(Cl)cc2Br)c1-c1cccc(F)c1. The van der Waals surface area contributed by atoms with Crippen LogP contribution >= 0.6 is 27.5 Å². The molecule has 0 spiro atoms. The van der Waals surface area contributed by atoms with E-state index >= 15 is 0 Å². The third-order valence-corrected chi connectivity index (χ3v) is 3.90. The first kappa shape index (κ1) is 14.1. The van der Waals surface area contributed by atoms with Crippen LogP contribution in [0.4, 0.5) is 10.2 Å². The van der Waals surface area contributed by atoms with Gasteiger partial charge in [-0.2, -0.15) is 0 Å². The molecule has 106 valence electrons. The van der Waals surface area contributed by atoms with Gasteiger partial charge in [0.15, 0.2) is 11.6 Å². The molecule has 0 aliphatic heterocycles. The minimum absolute atomic E-state index is 0.206. The quantitative estimate of drug-likeness (QED) is 0.682. The van der Waals surface area contributed by atoms with Gasteiger partial charge in [-0.25, -0.2) is 4.39 Å². The lowest BCUT2D eigenvalue weighted by Gasteiger charge is -2.05. The van der Waals surface area contributed by atoms with Crippen LogP contribution < -0.4 is 5.73 Å². The van der Waals surface area contributed by atoms with Crippen molar-refractivity contribution in [2.45, 2.75) is 0 Å². The number of anilines is 1. The number of rotatable bonds is 2. The molecule has 21 heavy (non-hydrogen) atoms. The summed E-state index contributed by atoms with van der Waals surface area (Å²) >= 11 is 9.36. The van der Waals surface area contributed by atoms with Gasteiger partial charge in [0.2, 0.25) is 0 Å². The first-order valence-corrected chi connectivity index (χ1v) is 7.20. The summed E-state index contributed by atoms with van der Waals surface area (Å²) in [5, 5.41) is 4.38. The van der Waals surface area contributed by atoms with Crippen LogP contribution in [0, 0.1) is 5.82 Å². The number of benzene rings is 2. The van der Waals surface area contributed by atoms with Crippen LogP contribution in [-0.4, -0.2) is 5.16 Å². The Balaban J connectivity index is 2.22. The van der Waals surface area contributed by atoms with Gasteiger partial charge >= 0.3 is 0 Å². The van der Waals surface area contributed by atoms with E-state index in [1.165, 1.54) is 12.1 Å². The smallest absolute Gasteiger partial charge is 0.178 e. The fourth-order valence-corrected chi connectivity index (χ4v) is 2.95. The number of nitrogen functional groups attached to an aromatic ring is 1. The van der Waals surface area contributed by atoms with Gasteiger partial charge in [0.25, 0.3) is 0 Å². The van der Waals surface area contributed by atoms with Crippen molar-refractivity contribution < 1.29 is 8.91 Å². The van der Waals surface area contributed by atoms with Gasteiger partial charge in [0.05, 0.1) is 5.56 Å². The van der Waals surface area contributed by atoms with E-state index in [1.54, 1.807) is 30.3 Å². The molecule has 0 fully saturated rings. The van der Waals surface area contributed by atoms with Crippen molar-refractivity contribution in [3.05, 3.63) is 57.8 Å². The van der Waals surface area contributed by atoms with Crippen LogP contribution in [0.25, 0.3) is 22.5 Å². The molecule has 0 aliphatic rings. The van der Waals surface area contributed by atoms with E-state index in [-0.39, 0.29) is 11.6 Å². The molecule has 3 rings (SSSR count). The van der Waals surface area contributed by atoms with Crippen molar-refractivity contribution in [3.8, 4) is 22.5 Å². The van der Waals surface area contributed by atoms with Crippen LogP contribution in [-0.2, 0) is 0 Å². The first-order chi connectivity index (χ1) is 10.1. The Morgan fingerprint density at radius 3 is 2.71 bits per heavy atom. The third-order valence-electron chi connectivity index (χ3n) is 3.01. The number of hydrogen-bond acceptors (Lipinski definition) is 3. The number of halogens is 3. The van der Waals surface area contributed by atoms with Crippen LogP contribution in [0.3, 0.4) is 0 Å². The summed E-state index contributed by atoms with van der Waals surface area (Å²) < 4.78 is 19.5. The standard InChI is InChI=1S/C15H9BrClFN2O/c16-12-7-9(17)4-5-11(12)14-13(15(19)20-21-14)8-2-1-3-10(18)6-8/h1-7H,(H2,19,20). The van der Waals surface area contributed by atoms with E-state index in [1.807, 2.05) is 0 Å². The summed E-state index contributed by atoms with van der Waals surface area (Å²) in [5.74, 6) is 0.313. The summed E-state index contributed by atoms with van der Waals surface area (Å²) in [5.41, 5.74) is 7.77. The summed E-state index contributed by atoms with van der Waals surface area (Å²) in [6, 6.07) is 11.4. The molecule has 0 saturated carbocycles. The van der Waals surface area contributed by atoms with Crippen molar-refractivity contribution in [1.29, 1.82) is 0 Å². The van der Waals surface area contributed by atoms with Crippen LogP contribution in [0.5, 0.6) is 0 Å². The molecule has 2 N–H and O–H groups in total. The monoisotopic (exact) mass is 366 g/mol. The Morgan fingerprint density at radius 2 is 2.00 bits per heavy atom. The molecule has 0 unspecified atom stereocenters. The zero-order valence-corrected chi connectivity index (χ0v) is 13.0. The summed E-state index contributed by atoms with van der Waals surface area (Å²) in [4.78, 5) is 0. The molecule has 0 saturated heterocycles. The molecule has 0 atom stereocenters. The highest BCUT2D eigenvalue weighted by molar-refractivity contribution is 9.10. The number of hydrogen-bond donors (Lipinski definition) is 1. The third kappa shape index (κ3) is 2.66. The first-order valence-electron chi connectivity index (χ1n) is 6.03. The van der Waals surface area contributed by atoms with Crippen molar-refractivity contribution in [2.75, 3.05) is 5.73 Å². The Bertz CT molecular complexity index is 819. The van der Waals surface area contributed by atoms with Crippen LogP contribution in [0.2, 0.25) is 5.02 Å². The second-order valence-corrected chi connectivity index (χ2v) is 5.70. The highest BCUT2D eigenvalue weighted by Gasteiger charge is 2.20. The number of nitrogens with two attached hydrogens (primary N) is 1. The fraction of sp³-hybridized carbons (Fsp3) is 0. The van der Waals surface area contributed by atoms with Gasteiger partial charge < -0.3 is 10.3 Å². The zero-order valence-electron chi connectivity index (χ0n) is 10.6. The molecule has 3 aromatic rings. The number of nitrogens with zero attached hydrogens (tertiary/aromatic N) is 1. The van der Waals surface area contributed by atoms with Gasteiger partial charge in [-0.05, 0) is 51.8 Å². The molecule has 6 heteroatoms. The van der Waals surface area contributed by atoms with Gasteiger partial charge in [-0.15, -0.1) is 0 Å². The van der Waals surface area contributed by atoms with Gasteiger partial charge in [0, 0.05) is 15.1 Å². The van der Waals surface area contributed by atoms with Gasteiger partial charge in [-0.3, -0.25) is 0 Å². The maximum absolute atomic E-state index is 13.4. The Kier molecular flexibility index (Phi) is 3.69. The lowest BCUT2D eigenvalue weighted by atomic mass is 10.0. The molecule has 0 bridgehead atoms. The summed E-state index contributed by atoms with van der Waals surface area (Å²) in [6.45, 7) is 0. The van der Waals surface area contributed by atoms with E-state index in [0.717, 1.165) is 10.0 Å². The zero-order chi connectivity index (χ0) is 15.0. The summed E-state index contributed by atoms with van der Waals surface area (Å²) in [6.07, 6.45) is 0. The predicted molar refractivity (Wildman–Crippen MR) is 84.5 cm³/mol. The molecular weight excluding hydrogens is 359 g/mol. The lowest BCUT2D eigenvalue weighted by Crippen LogP contribution is -1.90. The van der Waals surface area contributed by atoms with Crippen molar-refractivity contribution in [2.24, 2.45) is 0 Å². The van der Waals surface area contributed by atoms with Crippen molar-refractivity contribution in [1.82, 2.24) is 5.16 Å². The second-order valence-electron chi connectivity index (χ2n) is 4.41. The Labute approximate surface area is 133 Å². The largest absolute Gasteiger partial charge is 0.380 e. The predicted octanol–water partition coefficient (Wildman–Crippen LogP) is 5.15. The molecule has 3 nitrogen and oxygen atoms in total. The topological polar surface area (TPSA) is 52.0 Å². The molecule has 0 aliphatic carbocycles. The van der Waals surface area contributed by atoms with Crippen LogP contribution in [0.15, 0.2) is 51.5 Å². The normalized spacial score (nSPS) is 10.8. The van der Waals surface area contributed by atoms with E-state index in [9.17, 15) is 4.39 Å². The molecule has 1 aromatic heterocycles. The van der Waals surface area contributed by atoms with E-state index in [2.05, 4.69) is 21.1 Å². The highest BCUT2D eigenvalue weighted by atomic mass is 79.9. The molecule has 1 heterocycles. The van der Waals surface area contributed by atoms with E-state index < -0.39 is 0 Å². The minimum Gasteiger partial charge on any atom is -0.380 e. The van der Waals surface area contributed by atoms with Gasteiger partial charge in [-0.1, -0.05) is 28.9 Å². The molecule has 0 amide bonds. The fourth-order valence-electron chi connectivity index (χ4n) is 2.08. The maximum Gasteiger partial charge on any atom is 0.178 e. The second kappa shape index (κ2) is 5.50. The van der Waals surface area contributed by atoms with Crippen molar-refractivity contribution in [3.63, 3.8) is 0 Å². The molecule has 0 radical (unpaired) electrons. The average molecular weight is 368 g/mol. The maximum atomic E-state index is 13.4. The lowest BCUT2D eigenvalue weighted by molar-refractivity contribution is 0.436. The van der Waals surface area contributed by atoms with Crippen molar-refractivity contribution >= 4 is 33.3 Å². The van der Waals surface area contributed by atoms with E-state index in [0.29, 0.717) is 21.9 Å².